The molecule has 0 amide bonds. The van der Waals surface area contributed by atoms with Crippen molar-refractivity contribution in [2.24, 2.45) is 0 Å². The van der Waals surface area contributed by atoms with Crippen LogP contribution in [0.2, 0.25) is 0 Å². The highest BCUT2D eigenvalue weighted by Gasteiger charge is 2.14. The summed E-state index contributed by atoms with van der Waals surface area (Å²) in [5.41, 5.74) is 2.41. The van der Waals surface area contributed by atoms with E-state index in [1.807, 2.05) is 24.3 Å². The molecule has 0 aliphatic carbocycles. The number of Topliss-reactive ketones (excluding diaryl/α,β-unsaturated/α-hetero) is 1. The Bertz CT molecular complexity index is 687. The predicted molar refractivity (Wildman–Crippen MR) is 83.6 cm³/mol. The monoisotopic (exact) mass is 298 g/mol. The Balaban J connectivity index is 2.14. The number of aromatic carboxylic acids is 1. The minimum atomic E-state index is -1.14. The standard InChI is InChI=1S/C18H18O4/c1-3-13-4-6-14(7-5-13)11-22-15-8-9-16(12(2)19)17(10-15)18(20)21/h4-10H,3,11H2,1-2H3,(H,20,21). The van der Waals surface area contributed by atoms with Crippen LogP contribution in [-0.4, -0.2) is 16.9 Å². The lowest BCUT2D eigenvalue weighted by molar-refractivity contribution is 0.0691. The topological polar surface area (TPSA) is 63.6 Å². The van der Waals surface area contributed by atoms with E-state index in [0.29, 0.717) is 12.4 Å². The molecule has 2 aromatic carbocycles. The Morgan fingerprint density at radius 2 is 1.64 bits per heavy atom. The highest BCUT2D eigenvalue weighted by atomic mass is 16.5. The maximum absolute atomic E-state index is 11.4. The fraction of sp³-hybridized carbons (Fsp3) is 0.222. The summed E-state index contributed by atoms with van der Waals surface area (Å²) in [6, 6.07) is 12.5. The van der Waals surface area contributed by atoms with Crippen molar-refractivity contribution in [2.75, 3.05) is 0 Å². The van der Waals surface area contributed by atoms with Crippen LogP contribution in [0.15, 0.2) is 42.5 Å². The van der Waals surface area contributed by atoms with Gasteiger partial charge in [0.2, 0.25) is 0 Å². The molecule has 114 valence electrons. The summed E-state index contributed by atoms with van der Waals surface area (Å²) >= 11 is 0. The number of carboxylic acids is 1. The summed E-state index contributed by atoms with van der Waals surface area (Å²) < 4.78 is 5.62. The number of rotatable bonds is 6. The number of carbonyl (C=O) groups is 2. The van der Waals surface area contributed by atoms with Crippen molar-refractivity contribution in [3.63, 3.8) is 0 Å². The zero-order chi connectivity index (χ0) is 16.1. The molecule has 4 heteroatoms. The molecule has 0 saturated carbocycles. The molecule has 0 fully saturated rings. The van der Waals surface area contributed by atoms with Crippen LogP contribution >= 0.6 is 0 Å². The van der Waals surface area contributed by atoms with Crippen LogP contribution < -0.4 is 4.74 Å². The zero-order valence-corrected chi connectivity index (χ0v) is 12.6. The van der Waals surface area contributed by atoms with Gasteiger partial charge in [0.05, 0.1) is 5.56 Å². The van der Waals surface area contributed by atoms with Crippen molar-refractivity contribution in [2.45, 2.75) is 26.9 Å². The maximum Gasteiger partial charge on any atom is 0.336 e. The molecule has 0 heterocycles. The van der Waals surface area contributed by atoms with Gasteiger partial charge in [-0.05, 0) is 42.7 Å². The molecular weight excluding hydrogens is 280 g/mol. The maximum atomic E-state index is 11.4. The highest BCUT2D eigenvalue weighted by Crippen LogP contribution is 2.20. The Kier molecular flexibility index (Phi) is 4.94. The normalized spacial score (nSPS) is 10.3. The van der Waals surface area contributed by atoms with E-state index in [1.54, 1.807) is 6.07 Å². The number of hydrogen-bond acceptors (Lipinski definition) is 3. The average molecular weight is 298 g/mol. The molecule has 1 N–H and O–H groups in total. The van der Waals surface area contributed by atoms with Gasteiger partial charge in [-0.3, -0.25) is 4.79 Å². The molecule has 0 unspecified atom stereocenters. The number of carbonyl (C=O) groups excluding carboxylic acids is 1. The SMILES string of the molecule is CCc1ccc(COc2ccc(C(C)=O)c(C(=O)O)c2)cc1. The number of hydrogen-bond donors (Lipinski definition) is 1. The van der Waals surface area contributed by atoms with Gasteiger partial charge >= 0.3 is 5.97 Å². The van der Waals surface area contributed by atoms with Gasteiger partial charge in [0.25, 0.3) is 0 Å². The molecule has 22 heavy (non-hydrogen) atoms. The first-order valence-corrected chi connectivity index (χ1v) is 7.10. The number of ketones is 1. The third-order valence-corrected chi connectivity index (χ3v) is 3.44. The van der Waals surface area contributed by atoms with E-state index in [-0.39, 0.29) is 16.9 Å². The van der Waals surface area contributed by atoms with Crippen molar-refractivity contribution in [1.82, 2.24) is 0 Å². The lowest BCUT2D eigenvalue weighted by Crippen LogP contribution is -2.07. The van der Waals surface area contributed by atoms with E-state index in [0.717, 1.165) is 12.0 Å². The van der Waals surface area contributed by atoms with Crippen LogP contribution in [0.4, 0.5) is 0 Å². The quantitative estimate of drug-likeness (QED) is 0.825. The van der Waals surface area contributed by atoms with E-state index in [4.69, 9.17) is 4.74 Å². The van der Waals surface area contributed by atoms with Crippen molar-refractivity contribution in [3.8, 4) is 5.75 Å². The molecule has 0 aromatic heterocycles. The Morgan fingerprint density at radius 3 is 2.18 bits per heavy atom. The van der Waals surface area contributed by atoms with Gasteiger partial charge in [0.15, 0.2) is 5.78 Å². The molecule has 0 atom stereocenters. The fourth-order valence-corrected chi connectivity index (χ4v) is 2.13. The summed E-state index contributed by atoms with van der Waals surface area (Å²) in [7, 11) is 0. The summed E-state index contributed by atoms with van der Waals surface area (Å²) in [5.74, 6) is -0.982. The van der Waals surface area contributed by atoms with Crippen molar-refractivity contribution >= 4 is 11.8 Å². The molecule has 4 nitrogen and oxygen atoms in total. The van der Waals surface area contributed by atoms with Crippen LogP contribution in [0, 0.1) is 0 Å². The number of benzene rings is 2. The van der Waals surface area contributed by atoms with Crippen LogP contribution in [0.1, 0.15) is 45.7 Å². The Labute approximate surface area is 129 Å². The minimum Gasteiger partial charge on any atom is -0.489 e. The molecule has 0 aliphatic heterocycles. The van der Waals surface area contributed by atoms with Crippen molar-refractivity contribution in [1.29, 1.82) is 0 Å². The summed E-state index contributed by atoms with van der Waals surface area (Å²) in [5, 5.41) is 9.17. The first-order valence-electron chi connectivity index (χ1n) is 7.10. The van der Waals surface area contributed by atoms with Crippen molar-refractivity contribution in [3.05, 3.63) is 64.7 Å². The molecule has 0 spiro atoms. The second kappa shape index (κ2) is 6.89. The minimum absolute atomic E-state index is 0.0358. The third-order valence-electron chi connectivity index (χ3n) is 3.44. The lowest BCUT2D eigenvalue weighted by Gasteiger charge is -2.09. The van der Waals surface area contributed by atoms with Gasteiger partial charge in [-0.25, -0.2) is 4.79 Å². The van der Waals surface area contributed by atoms with E-state index in [2.05, 4.69) is 6.92 Å². The van der Waals surface area contributed by atoms with Crippen LogP contribution in [0.3, 0.4) is 0 Å². The number of aryl methyl sites for hydroxylation is 1. The molecule has 0 saturated heterocycles. The molecule has 0 aliphatic rings. The van der Waals surface area contributed by atoms with Gasteiger partial charge in [-0.2, -0.15) is 0 Å². The average Bonchev–Trinajstić information content (AvgIpc) is 2.53. The molecule has 0 radical (unpaired) electrons. The van der Waals surface area contributed by atoms with Gasteiger partial charge in [-0.1, -0.05) is 31.2 Å². The van der Waals surface area contributed by atoms with Crippen LogP contribution in [0.5, 0.6) is 5.75 Å². The predicted octanol–water partition coefficient (Wildman–Crippen LogP) is 3.73. The van der Waals surface area contributed by atoms with Crippen LogP contribution in [-0.2, 0) is 13.0 Å². The van der Waals surface area contributed by atoms with Crippen molar-refractivity contribution < 1.29 is 19.4 Å². The van der Waals surface area contributed by atoms with Crippen LogP contribution in [0.25, 0.3) is 0 Å². The van der Waals surface area contributed by atoms with E-state index in [9.17, 15) is 14.7 Å². The largest absolute Gasteiger partial charge is 0.489 e. The van der Waals surface area contributed by atoms with Gasteiger partial charge in [-0.15, -0.1) is 0 Å². The lowest BCUT2D eigenvalue weighted by atomic mass is 10.0. The number of carboxylic acid groups (broad SMARTS) is 1. The zero-order valence-electron chi connectivity index (χ0n) is 12.6. The third kappa shape index (κ3) is 3.73. The van der Waals surface area contributed by atoms with E-state index >= 15 is 0 Å². The Morgan fingerprint density at radius 1 is 1.00 bits per heavy atom. The van der Waals surface area contributed by atoms with E-state index in [1.165, 1.54) is 24.6 Å². The summed E-state index contributed by atoms with van der Waals surface area (Å²) in [4.78, 5) is 22.6. The smallest absolute Gasteiger partial charge is 0.336 e. The molecular formula is C18H18O4. The van der Waals surface area contributed by atoms with Gasteiger partial charge in [0.1, 0.15) is 12.4 Å². The first-order chi connectivity index (χ1) is 10.5. The second-order valence-electron chi connectivity index (χ2n) is 5.03. The molecule has 2 aromatic rings. The Hall–Kier alpha value is -2.62. The molecule has 0 bridgehead atoms. The van der Waals surface area contributed by atoms with Gasteiger partial charge < -0.3 is 9.84 Å². The first kappa shape index (κ1) is 15.8. The number of ether oxygens (including phenoxy) is 1. The van der Waals surface area contributed by atoms with E-state index < -0.39 is 5.97 Å². The summed E-state index contributed by atoms with van der Waals surface area (Å²) in [6.07, 6.45) is 0.982. The molecule has 2 rings (SSSR count). The second-order valence-corrected chi connectivity index (χ2v) is 5.03. The summed E-state index contributed by atoms with van der Waals surface area (Å²) in [6.45, 7) is 3.79. The van der Waals surface area contributed by atoms with Gasteiger partial charge in [0, 0.05) is 5.56 Å². The fourth-order valence-electron chi connectivity index (χ4n) is 2.13. The highest BCUT2D eigenvalue weighted by molar-refractivity contribution is 6.05.